The molecule has 10 nitrogen and oxygen atoms in total. The summed E-state index contributed by atoms with van der Waals surface area (Å²) in [6.07, 6.45) is -188. The van der Waals surface area contributed by atoms with Crippen LogP contribution in [0.4, 0.5) is 176 Å². The van der Waals surface area contributed by atoms with Gasteiger partial charge in [0.15, 0.2) is 0 Å². The third-order valence-corrected chi connectivity index (χ3v) is 7.02. The lowest BCUT2D eigenvalue weighted by Gasteiger charge is -2.51. The van der Waals surface area contributed by atoms with Crippen LogP contribution in [0.1, 0.15) is 0 Å². The van der Waals surface area contributed by atoms with Gasteiger partial charge in [0, 0.05) is 0 Å². The van der Waals surface area contributed by atoms with Gasteiger partial charge in [-0.2, -0.15) is 176 Å². The molecule has 2 heterocycles. The number of hydrogen-bond acceptors (Lipinski definition) is 10. The fraction of sp³-hybridized carbons (Fsp3) is 1.00. The summed E-state index contributed by atoms with van der Waals surface area (Å²) in [5, 5.41) is 0. The van der Waals surface area contributed by atoms with Crippen molar-refractivity contribution in [2.45, 2.75) is 122 Å². The molecule has 0 radical (unpaired) electrons. The fourth-order valence-corrected chi connectivity index (χ4v) is 3.88. The molecule has 2 aliphatic heterocycles. The number of rotatable bonds is 0. The second kappa shape index (κ2) is 16.4. The first-order valence-corrected chi connectivity index (χ1v) is 14.6. The van der Waals surface area contributed by atoms with Gasteiger partial charge in [0.1, 0.15) is 0 Å². The van der Waals surface area contributed by atoms with Crippen LogP contribution in [0.15, 0.2) is 0 Å². The first kappa shape index (κ1) is 63.9. The van der Waals surface area contributed by atoms with Crippen molar-refractivity contribution in [3.05, 3.63) is 0 Å². The van der Waals surface area contributed by atoms with Crippen LogP contribution in [-0.4, -0.2) is 122 Å². The molecule has 0 bridgehead atoms. The zero-order valence-electron chi connectivity index (χ0n) is 29.7. The molecule has 71 heavy (non-hydrogen) atoms. The zero-order chi connectivity index (χ0) is 57.6. The van der Waals surface area contributed by atoms with Crippen molar-refractivity contribution >= 4 is 0 Å². The molecular weight excluding hydrogens is 1170 g/mol. The maximum atomic E-state index is 15.5. The second-order valence-corrected chi connectivity index (χ2v) is 12.1. The molecule has 0 unspecified atom stereocenters. The highest BCUT2D eigenvalue weighted by Gasteiger charge is 2.99. The summed E-state index contributed by atoms with van der Waals surface area (Å²) in [5.41, 5.74) is -11.2. The zero-order valence-corrected chi connectivity index (χ0v) is 29.7. The molecule has 2 saturated heterocycles. The van der Waals surface area contributed by atoms with E-state index in [4.69, 9.17) is 0 Å². The summed E-state index contributed by atoms with van der Waals surface area (Å²) in [5.74, 6) is 0. The van der Waals surface area contributed by atoms with E-state index < -0.39 is 128 Å². The lowest BCUT2D eigenvalue weighted by Crippen LogP contribution is -2.78. The first-order chi connectivity index (χ1) is 30.1. The van der Waals surface area contributed by atoms with E-state index in [1.807, 2.05) is 0 Å². The largest absolute Gasteiger partial charge is 0.453 e. The summed E-state index contributed by atoms with van der Waals surface area (Å²) in [4.78, 5) is 0. The number of halogens is 40. The van der Waals surface area contributed by atoms with Crippen LogP contribution in [0.25, 0.3) is 0 Å². The predicted molar refractivity (Wildman–Crippen MR) is 112 cm³/mol. The second-order valence-electron chi connectivity index (χ2n) is 12.1. The van der Waals surface area contributed by atoms with E-state index in [9.17, 15) is 140 Å². The Labute approximate surface area is 352 Å². The van der Waals surface area contributed by atoms with Crippen molar-refractivity contribution in [1.82, 2.24) is 0 Å². The molecule has 2 rings (SSSR count). The van der Waals surface area contributed by atoms with Gasteiger partial charge in [0.2, 0.25) is 0 Å². The molecule has 0 aromatic carbocycles. The van der Waals surface area contributed by atoms with Gasteiger partial charge in [0.05, 0.1) is 0 Å². The molecule has 1 spiro atoms. The summed E-state index contributed by atoms with van der Waals surface area (Å²) >= 11 is 0. The molecule has 0 aromatic heterocycles. The number of alkyl halides is 40. The molecule has 50 heteroatoms. The standard InChI is InChI=1S/C21F40O10/c22-2(23)1(3(24,25)63-7(32,33)11(40,41)67-15(48,49)19(56,57)70-18(54,55)14(46,47)66-10(38,39)6(30,31)62-2)4(26,27)64-8(34,35)12(42,43)68-16(50,51)20(58,59)71-21(60,61)17(52,53)69-13(44,45)9(36,37)65-5(1,28)29. The van der Waals surface area contributed by atoms with Crippen molar-refractivity contribution in [2.24, 2.45) is 5.41 Å². The van der Waals surface area contributed by atoms with Crippen LogP contribution < -0.4 is 0 Å². The Balaban J connectivity index is 3.59. The van der Waals surface area contributed by atoms with Gasteiger partial charge in [-0.05, 0) is 0 Å². The summed E-state index contributed by atoms with van der Waals surface area (Å²) in [7, 11) is 0. The smallest absolute Gasteiger partial charge is 0.247 e. The van der Waals surface area contributed by atoms with Crippen LogP contribution in [-0.2, 0) is 47.4 Å². The molecule has 2 fully saturated rings. The monoisotopic (exact) mass is 1170 g/mol. The highest BCUT2D eigenvalue weighted by Crippen LogP contribution is 2.71. The van der Waals surface area contributed by atoms with Crippen molar-refractivity contribution in [3.63, 3.8) is 0 Å². The lowest BCUT2D eigenvalue weighted by molar-refractivity contribution is -0.652. The topological polar surface area (TPSA) is 92.3 Å². The number of hydrogen-bond donors (Lipinski definition) is 0. The molecule has 424 valence electrons. The lowest BCUT2D eigenvalue weighted by atomic mass is 9.80. The highest BCUT2D eigenvalue weighted by atomic mass is 19.4. The molecule has 2 aliphatic rings. The predicted octanol–water partition coefficient (Wildman–Crippen LogP) is 12.0. The molecular formula is C21F40O10. The average molecular weight is 1170 g/mol. The minimum Gasteiger partial charge on any atom is -0.247 e. The first-order valence-electron chi connectivity index (χ1n) is 14.6. The van der Waals surface area contributed by atoms with E-state index in [1.165, 1.54) is 0 Å². The van der Waals surface area contributed by atoms with Gasteiger partial charge >= 0.3 is 128 Å². The Morgan fingerprint density at radius 1 is 0.0986 bits per heavy atom. The molecule has 0 saturated carbocycles. The van der Waals surface area contributed by atoms with Gasteiger partial charge in [-0.1, -0.05) is 0 Å². The Hall–Kier alpha value is -3.20. The molecule has 0 N–H and O–H groups in total. The van der Waals surface area contributed by atoms with E-state index in [0.717, 1.165) is 28.4 Å². The SMILES string of the molecule is FC1(F)OC(F)(F)C(F)(F)OC(F)(F)C(F)(F)OC(F)(F)C2(C(F)(F)OC(F)(F)C(F)(F)OC1(F)F)C(F)(F)OC(F)(F)C(F)(F)OC(F)(F)C(F)(F)OC(F)(F)C(F)(F)OC(F)(F)C(F)(F)OC2(F)F. The van der Waals surface area contributed by atoms with Crippen molar-refractivity contribution in [1.29, 1.82) is 0 Å². The molecule has 0 atom stereocenters. The Morgan fingerprint density at radius 2 is 0.155 bits per heavy atom. The van der Waals surface area contributed by atoms with E-state index in [-0.39, 0.29) is 0 Å². The number of ether oxygens (including phenoxy) is 10. The minimum absolute atomic E-state index is 0.609. The van der Waals surface area contributed by atoms with Gasteiger partial charge in [-0.25, -0.2) is 47.4 Å². The average Bonchev–Trinajstić information content (AvgIpc) is 2.97. The quantitative estimate of drug-likeness (QED) is 0.218. The summed E-state index contributed by atoms with van der Waals surface area (Å²) in [6.45, 7) is 0. The Kier molecular flexibility index (Phi) is 14.8. The van der Waals surface area contributed by atoms with Gasteiger partial charge in [0.25, 0.3) is 0 Å². The van der Waals surface area contributed by atoms with Crippen LogP contribution in [0.2, 0.25) is 0 Å². The molecule has 0 amide bonds. The fourth-order valence-electron chi connectivity index (χ4n) is 3.88. The van der Waals surface area contributed by atoms with E-state index in [2.05, 4.69) is 0 Å². The van der Waals surface area contributed by atoms with E-state index >= 15 is 35.1 Å². The third-order valence-electron chi connectivity index (χ3n) is 7.02. The third kappa shape index (κ3) is 10.3. The highest BCUT2D eigenvalue weighted by molar-refractivity contribution is 5.09. The maximum absolute atomic E-state index is 15.5. The van der Waals surface area contributed by atoms with E-state index in [1.54, 1.807) is 0 Å². The minimum atomic E-state index is -11.2. The summed E-state index contributed by atoms with van der Waals surface area (Å²) in [6, 6.07) is 0. The summed E-state index contributed by atoms with van der Waals surface area (Å²) < 4.78 is 581. The maximum Gasteiger partial charge on any atom is 0.453 e. The van der Waals surface area contributed by atoms with E-state index in [0.29, 0.717) is 18.9 Å². The Morgan fingerprint density at radius 3 is 0.225 bits per heavy atom. The van der Waals surface area contributed by atoms with Crippen LogP contribution in [0.3, 0.4) is 0 Å². The van der Waals surface area contributed by atoms with Crippen molar-refractivity contribution < 1.29 is 223 Å². The van der Waals surface area contributed by atoms with Gasteiger partial charge in [-0.15, -0.1) is 0 Å². The van der Waals surface area contributed by atoms with Crippen molar-refractivity contribution in [2.75, 3.05) is 0 Å². The normalized spacial score (nSPS) is 33.5. The van der Waals surface area contributed by atoms with Crippen LogP contribution in [0, 0.1) is 5.41 Å². The van der Waals surface area contributed by atoms with Gasteiger partial charge in [-0.3, -0.25) is 0 Å². The Bertz CT molecular complexity index is 1670. The molecule has 0 aliphatic carbocycles. The molecule has 0 aromatic rings. The van der Waals surface area contributed by atoms with Crippen LogP contribution in [0.5, 0.6) is 0 Å². The van der Waals surface area contributed by atoms with Crippen molar-refractivity contribution in [3.8, 4) is 0 Å². The van der Waals surface area contributed by atoms with Gasteiger partial charge < -0.3 is 0 Å². The van der Waals surface area contributed by atoms with Crippen LogP contribution >= 0.6 is 0 Å².